The number of rotatable bonds is 5. The average molecular weight is 371 g/mol. The molecule has 0 aliphatic heterocycles. The lowest BCUT2D eigenvalue weighted by Crippen LogP contribution is -2.11. The molecule has 0 radical (unpaired) electrons. The summed E-state index contributed by atoms with van der Waals surface area (Å²) in [4.78, 5) is 6.65. The van der Waals surface area contributed by atoms with Crippen molar-refractivity contribution in [2.24, 2.45) is 0 Å². The first-order chi connectivity index (χ1) is 13.7. The van der Waals surface area contributed by atoms with Crippen molar-refractivity contribution in [1.82, 2.24) is 4.98 Å². The van der Waals surface area contributed by atoms with Crippen molar-refractivity contribution in [3.63, 3.8) is 0 Å². The zero-order valence-electron chi connectivity index (χ0n) is 15.8. The van der Waals surface area contributed by atoms with E-state index in [2.05, 4.69) is 16.0 Å². The number of nitrogens with two attached hydrogens (primary N) is 1. The summed E-state index contributed by atoms with van der Waals surface area (Å²) in [5.41, 5.74) is 10.5. The maximum absolute atomic E-state index is 5.96. The zero-order valence-corrected chi connectivity index (χ0v) is 15.8. The molecule has 0 fully saturated rings. The van der Waals surface area contributed by atoms with Crippen molar-refractivity contribution < 1.29 is 9.47 Å². The second-order valence-corrected chi connectivity index (χ2v) is 6.34. The van der Waals surface area contributed by atoms with Crippen LogP contribution < -0.4 is 20.1 Å². The molecule has 0 bridgehead atoms. The van der Waals surface area contributed by atoms with Gasteiger partial charge in [0.05, 0.1) is 25.4 Å². The highest BCUT2D eigenvalue weighted by Gasteiger charge is 2.16. The summed E-state index contributed by atoms with van der Waals surface area (Å²) in [6.07, 6.45) is 1.80. The highest BCUT2D eigenvalue weighted by Crippen LogP contribution is 2.40. The van der Waals surface area contributed by atoms with Crippen molar-refractivity contribution >= 4 is 33.7 Å². The van der Waals surface area contributed by atoms with Gasteiger partial charge in [0.15, 0.2) is 0 Å². The van der Waals surface area contributed by atoms with Gasteiger partial charge in [-0.1, -0.05) is 6.07 Å². The molecule has 1 heterocycles. The summed E-state index contributed by atoms with van der Waals surface area (Å²) >= 11 is 0. The van der Waals surface area contributed by atoms with Crippen LogP contribution in [0.3, 0.4) is 0 Å². The third-order valence-corrected chi connectivity index (χ3v) is 4.63. The van der Waals surface area contributed by atoms with Gasteiger partial charge >= 0.3 is 0 Å². The first-order valence-electron chi connectivity index (χ1n) is 8.92. The Balaban J connectivity index is 1.94. The molecule has 3 aromatic carbocycles. The fourth-order valence-electron chi connectivity index (χ4n) is 3.25. The van der Waals surface area contributed by atoms with E-state index in [0.717, 1.165) is 39.5 Å². The Morgan fingerprint density at radius 3 is 2.32 bits per heavy atom. The van der Waals surface area contributed by atoms with Crippen molar-refractivity contribution in [1.29, 1.82) is 0 Å². The number of nitrogens with zero attached hydrogens (tertiary/aromatic N) is 2. The molecule has 0 spiro atoms. The number of ether oxygens (including phenoxy) is 2. The van der Waals surface area contributed by atoms with E-state index in [4.69, 9.17) is 15.2 Å². The third-order valence-electron chi connectivity index (χ3n) is 4.63. The minimum absolute atomic E-state index is 0.689. The monoisotopic (exact) mass is 371 g/mol. The number of fused-ring (bicyclic) bond motifs is 1. The number of anilines is 4. The molecule has 2 N–H and O–H groups in total. The molecule has 0 atom stereocenters. The highest BCUT2D eigenvalue weighted by molar-refractivity contribution is 5.98. The predicted molar refractivity (Wildman–Crippen MR) is 114 cm³/mol. The molecule has 140 valence electrons. The number of pyridine rings is 1. The Hall–Kier alpha value is -3.73. The summed E-state index contributed by atoms with van der Waals surface area (Å²) in [6.45, 7) is 0. The van der Waals surface area contributed by atoms with Crippen molar-refractivity contribution in [2.75, 3.05) is 24.9 Å². The highest BCUT2D eigenvalue weighted by atomic mass is 16.5. The third kappa shape index (κ3) is 3.30. The van der Waals surface area contributed by atoms with Crippen LogP contribution in [0.25, 0.3) is 10.9 Å². The number of hydrogen-bond acceptors (Lipinski definition) is 5. The lowest BCUT2D eigenvalue weighted by molar-refractivity contribution is 0.414. The molecule has 0 saturated heterocycles. The largest absolute Gasteiger partial charge is 0.497 e. The topological polar surface area (TPSA) is 60.6 Å². The van der Waals surface area contributed by atoms with Gasteiger partial charge in [-0.05, 0) is 60.7 Å². The van der Waals surface area contributed by atoms with Crippen LogP contribution >= 0.6 is 0 Å². The first-order valence-corrected chi connectivity index (χ1v) is 8.92. The zero-order chi connectivity index (χ0) is 19.5. The van der Waals surface area contributed by atoms with Gasteiger partial charge in [0.1, 0.15) is 11.5 Å². The Labute approximate surface area is 164 Å². The van der Waals surface area contributed by atoms with Gasteiger partial charge in [-0.15, -0.1) is 0 Å². The van der Waals surface area contributed by atoms with Gasteiger partial charge in [-0.2, -0.15) is 0 Å². The number of nitrogen functional groups attached to an aromatic ring is 1. The van der Waals surface area contributed by atoms with E-state index in [1.54, 1.807) is 20.4 Å². The summed E-state index contributed by atoms with van der Waals surface area (Å²) in [6, 6.07) is 23.7. The molecular weight excluding hydrogens is 350 g/mol. The second-order valence-electron chi connectivity index (χ2n) is 6.34. The molecule has 0 aliphatic rings. The van der Waals surface area contributed by atoms with Crippen molar-refractivity contribution in [3.05, 3.63) is 79.0 Å². The summed E-state index contributed by atoms with van der Waals surface area (Å²) < 4.78 is 10.8. The fraction of sp³-hybridized carbons (Fsp3) is 0.0870. The molecule has 0 aliphatic carbocycles. The Bertz CT molecular complexity index is 1110. The molecule has 5 nitrogen and oxygen atoms in total. The van der Waals surface area contributed by atoms with E-state index in [-0.39, 0.29) is 0 Å². The van der Waals surface area contributed by atoms with Gasteiger partial charge < -0.3 is 20.1 Å². The molecule has 28 heavy (non-hydrogen) atoms. The van der Waals surface area contributed by atoms with Gasteiger partial charge in [0.25, 0.3) is 0 Å². The van der Waals surface area contributed by atoms with Crippen LogP contribution in [0, 0.1) is 0 Å². The molecule has 5 heteroatoms. The Morgan fingerprint density at radius 1 is 0.786 bits per heavy atom. The van der Waals surface area contributed by atoms with E-state index >= 15 is 0 Å². The number of methoxy groups -OCH3 is 2. The van der Waals surface area contributed by atoms with E-state index in [1.165, 1.54) is 0 Å². The van der Waals surface area contributed by atoms with Gasteiger partial charge in [-0.25, -0.2) is 0 Å². The van der Waals surface area contributed by atoms with Crippen molar-refractivity contribution in [3.8, 4) is 11.5 Å². The number of aromatic nitrogens is 1. The first kappa shape index (κ1) is 17.7. The quantitative estimate of drug-likeness (QED) is 0.482. The van der Waals surface area contributed by atoms with Crippen LogP contribution in [0.4, 0.5) is 22.7 Å². The van der Waals surface area contributed by atoms with Crippen LogP contribution in [-0.4, -0.2) is 19.2 Å². The van der Waals surface area contributed by atoms with Crippen LogP contribution in [0.5, 0.6) is 11.5 Å². The maximum Gasteiger partial charge on any atom is 0.120 e. The van der Waals surface area contributed by atoms with Gasteiger partial charge in [-0.3, -0.25) is 4.98 Å². The Morgan fingerprint density at radius 2 is 1.57 bits per heavy atom. The number of hydrogen-bond donors (Lipinski definition) is 1. The molecule has 1 aromatic heterocycles. The summed E-state index contributed by atoms with van der Waals surface area (Å²) in [5, 5.41) is 1.01. The Kier molecular flexibility index (Phi) is 4.72. The lowest BCUT2D eigenvalue weighted by atomic mass is 10.1. The SMILES string of the molecule is COc1ccc(N(c2cccc(OC)c2)c2ccnc3cc(N)ccc23)cc1. The van der Waals surface area contributed by atoms with Crippen LogP contribution in [0.15, 0.2) is 79.0 Å². The van der Waals surface area contributed by atoms with E-state index in [9.17, 15) is 0 Å². The van der Waals surface area contributed by atoms with E-state index < -0.39 is 0 Å². The molecule has 0 amide bonds. The molecular formula is C23H21N3O2. The van der Waals surface area contributed by atoms with Crippen LogP contribution in [-0.2, 0) is 0 Å². The predicted octanol–water partition coefficient (Wildman–Crippen LogP) is 5.30. The fourth-order valence-corrected chi connectivity index (χ4v) is 3.25. The van der Waals surface area contributed by atoms with Crippen LogP contribution in [0.1, 0.15) is 0 Å². The van der Waals surface area contributed by atoms with Gasteiger partial charge in [0.2, 0.25) is 0 Å². The van der Waals surface area contributed by atoms with Crippen molar-refractivity contribution in [2.45, 2.75) is 0 Å². The normalized spacial score (nSPS) is 10.6. The average Bonchev–Trinajstić information content (AvgIpc) is 2.74. The summed E-state index contributed by atoms with van der Waals surface area (Å²) in [5.74, 6) is 1.60. The molecule has 0 unspecified atom stereocenters. The standard InChI is InChI=1S/C23H21N3O2/c1-27-19-9-7-17(8-10-19)26(18-4-3-5-20(15-18)28-2)23-12-13-25-22-14-16(24)6-11-21(22)23/h3-15H,24H2,1-2H3. The molecule has 0 saturated carbocycles. The maximum atomic E-state index is 5.96. The minimum atomic E-state index is 0.689. The minimum Gasteiger partial charge on any atom is -0.497 e. The smallest absolute Gasteiger partial charge is 0.120 e. The van der Waals surface area contributed by atoms with E-state index in [1.807, 2.05) is 66.7 Å². The summed E-state index contributed by atoms with van der Waals surface area (Å²) in [7, 11) is 3.33. The number of benzene rings is 3. The molecule has 4 aromatic rings. The lowest BCUT2D eigenvalue weighted by Gasteiger charge is -2.27. The van der Waals surface area contributed by atoms with E-state index in [0.29, 0.717) is 5.69 Å². The molecule has 4 rings (SSSR count). The van der Waals surface area contributed by atoms with Gasteiger partial charge in [0, 0.05) is 34.7 Å². The second kappa shape index (κ2) is 7.48. The van der Waals surface area contributed by atoms with Crippen LogP contribution in [0.2, 0.25) is 0 Å².